The number of nitrogens with zero attached hydrogens (tertiary/aromatic N) is 1. The minimum absolute atomic E-state index is 0.0561. The monoisotopic (exact) mass is 746 g/mol. The third-order valence-electron chi connectivity index (χ3n) is 6.58. The highest BCUT2D eigenvalue weighted by Crippen LogP contribution is 2.34. The maximum Gasteiger partial charge on any atom is 0.310 e. The Morgan fingerprint density at radius 1 is 0.783 bits per heavy atom. The normalized spacial score (nSPS) is 10.0. The molecule has 4 aromatic carbocycles. The minimum atomic E-state index is -0.336. The first-order chi connectivity index (χ1) is 22.2. The minimum Gasteiger partial charge on any atom is -0.469 e. The van der Waals surface area contributed by atoms with Gasteiger partial charge >= 0.3 is 11.9 Å². The zero-order valence-corrected chi connectivity index (χ0v) is 28.4. The number of anilines is 1. The van der Waals surface area contributed by atoms with Crippen LogP contribution in [0.3, 0.4) is 0 Å². The van der Waals surface area contributed by atoms with Gasteiger partial charge in [0.25, 0.3) is 0 Å². The first kappa shape index (κ1) is 35.8. The van der Waals surface area contributed by atoms with Crippen LogP contribution in [0.4, 0.5) is 5.69 Å². The van der Waals surface area contributed by atoms with Crippen molar-refractivity contribution in [1.29, 1.82) is 0 Å². The molecule has 236 valence electrons. The average molecular weight is 748 g/mol. The van der Waals surface area contributed by atoms with Crippen LogP contribution in [0.25, 0.3) is 22.0 Å². The number of nitrogens with two attached hydrogens (primary N) is 1. The summed E-state index contributed by atoms with van der Waals surface area (Å²) in [5.41, 5.74) is 11.3. The lowest BCUT2D eigenvalue weighted by Gasteiger charge is -2.13. The lowest BCUT2D eigenvalue weighted by molar-refractivity contribution is -0.141. The van der Waals surface area contributed by atoms with Gasteiger partial charge in [0.1, 0.15) is 6.29 Å². The number of hydrogen-bond donors (Lipinski definition) is 1. The van der Waals surface area contributed by atoms with E-state index >= 15 is 0 Å². The summed E-state index contributed by atoms with van der Waals surface area (Å²) in [6.45, 7) is 0. The number of aromatic nitrogens is 1. The smallest absolute Gasteiger partial charge is 0.310 e. The molecule has 8 nitrogen and oxygen atoms in total. The number of para-hydroxylation sites is 2. The van der Waals surface area contributed by atoms with Gasteiger partial charge in [-0.3, -0.25) is 19.4 Å². The van der Waals surface area contributed by atoms with Crippen LogP contribution in [-0.4, -0.2) is 43.2 Å². The van der Waals surface area contributed by atoms with E-state index in [1.807, 2.05) is 72.8 Å². The van der Waals surface area contributed by atoms with Crippen molar-refractivity contribution in [2.24, 2.45) is 0 Å². The summed E-state index contributed by atoms with van der Waals surface area (Å²) in [5, 5.41) is 1.02. The number of rotatable bonds is 8. The first-order valence-corrected chi connectivity index (χ1v) is 15.6. The SMILES string of the molecule is COC(=O)CCC=O.COC(=O)Cc1cnc2c(Br)cccc2c1-c1ccccc1.Nc1c(Br)cccc1C(=O)c1ccccc1. The van der Waals surface area contributed by atoms with Crippen molar-refractivity contribution >= 4 is 72.5 Å². The number of esters is 2. The standard InChI is InChI=1S/C18H14BrNO2.C13H10BrNO.C5H8O3/c1-22-16(21)10-13-11-20-18-14(8-5-9-15(18)19)17(13)12-6-3-2-4-7-12;14-11-8-4-7-10(12(11)15)13(16)9-5-2-1-3-6-9;1-8-5(7)3-2-4-6/h2-9,11H,10H2,1H3;1-8H,15H2;4H,2-3H2,1H3. The van der Waals surface area contributed by atoms with Crippen molar-refractivity contribution < 1.29 is 28.7 Å². The number of aldehydes is 1. The van der Waals surface area contributed by atoms with Gasteiger partial charge in [-0.25, -0.2) is 0 Å². The molecule has 1 heterocycles. The second kappa shape index (κ2) is 18.3. The topological polar surface area (TPSA) is 126 Å². The van der Waals surface area contributed by atoms with Gasteiger partial charge in [-0.1, -0.05) is 78.9 Å². The lowest BCUT2D eigenvalue weighted by Crippen LogP contribution is -2.06. The van der Waals surface area contributed by atoms with Gasteiger partial charge in [-0.05, 0) is 66.7 Å². The van der Waals surface area contributed by atoms with Crippen LogP contribution >= 0.6 is 31.9 Å². The molecule has 46 heavy (non-hydrogen) atoms. The van der Waals surface area contributed by atoms with E-state index in [-0.39, 0.29) is 37.0 Å². The molecule has 0 unspecified atom stereocenters. The molecular formula is C36H32Br2N2O6. The molecule has 5 aromatic rings. The number of ether oxygens (including phenoxy) is 2. The Labute approximate surface area is 284 Å². The third kappa shape index (κ3) is 9.92. The second-order valence-corrected chi connectivity index (χ2v) is 11.3. The Hall–Kier alpha value is -4.67. The van der Waals surface area contributed by atoms with Crippen LogP contribution in [-0.2, 0) is 30.3 Å². The van der Waals surface area contributed by atoms with Gasteiger partial charge in [0.05, 0.1) is 38.3 Å². The van der Waals surface area contributed by atoms with Crippen molar-refractivity contribution in [3.8, 4) is 11.1 Å². The van der Waals surface area contributed by atoms with Crippen LogP contribution in [0.15, 0.2) is 112 Å². The third-order valence-corrected chi connectivity index (χ3v) is 7.91. The van der Waals surface area contributed by atoms with Crippen molar-refractivity contribution in [2.45, 2.75) is 19.3 Å². The van der Waals surface area contributed by atoms with Crippen LogP contribution in [0, 0.1) is 0 Å². The summed E-state index contributed by atoms with van der Waals surface area (Å²) in [6, 6.07) is 30.4. The fourth-order valence-corrected chi connectivity index (χ4v) is 5.13. The number of pyridine rings is 1. The highest BCUT2D eigenvalue weighted by atomic mass is 79.9. The molecule has 0 fully saturated rings. The maximum atomic E-state index is 12.1. The zero-order chi connectivity index (χ0) is 33.5. The quantitative estimate of drug-likeness (QED) is 0.0739. The summed E-state index contributed by atoms with van der Waals surface area (Å²) in [6.07, 6.45) is 3.10. The van der Waals surface area contributed by atoms with Gasteiger partial charge in [-0.2, -0.15) is 0 Å². The van der Waals surface area contributed by atoms with Crippen LogP contribution in [0.1, 0.15) is 34.3 Å². The highest BCUT2D eigenvalue weighted by Gasteiger charge is 2.15. The summed E-state index contributed by atoms with van der Waals surface area (Å²) in [5.74, 6) is -0.662. The van der Waals surface area contributed by atoms with E-state index in [0.717, 1.165) is 36.5 Å². The van der Waals surface area contributed by atoms with Gasteiger partial charge in [0, 0.05) is 38.1 Å². The number of halogens is 2. The molecular weight excluding hydrogens is 716 g/mol. The van der Waals surface area contributed by atoms with E-state index in [2.05, 4.69) is 41.6 Å². The Morgan fingerprint density at radius 2 is 1.39 bits per heavy atom. The first-order valence-electron chi connectivity index (χ1n) is 14.0. The Bertz CT molecular complexity index is 1800. The largest absolute Gasteiger partial charge is 0.469 e. The van der Waals surface area contributed by atoms with Crippen LogP contribution < -0.4 is 5.73 Å². The molecule has 0 spiro atoms. The molecule has 0 bridgehead atoms. The number of benzene rings is 4. The zero-order valence-electron chi connectivity index (χ0n) is 25.2. The molecule has 10 heteroatoms. The van der Waals surface area contributed by atoms with Gasteiger partial charge in [0.15, 0.2) is 5.78 Å². The number of nitrogen functional groups attached to an aromatic ring is 1. The molecule has 0 aliphatic carbocycles. The number of hydrogen-bond acceptors (Lipinski definition) is 8. The van der Waals surface area contributed by atoms with E-state index in [9.17, 15) is 19.2 Å². The molecule has 0 radical (unpaired) electrons. The molecule has 0 atom stereocenters. The molecule has 2 N–H and O–H groups in total. The Morgan fingerprint density at radius 3 is 2.02 bits per heavy atom. The van der Waals surface area contributed by atoms with Crippen molar-refractivity contribution in [3.63, 3.8) is 0 Å². The summed E-state index contributed by atoms with van der Waals surface area (Å²) >= 11 is 6.85. The van der Waals surface area contributed by atoms with Crippen LogP contribution in [0.5, 0.6) is 0 Å². The summed E-state index contributed by atoms with van der Waals surface area (Å²) in [4.78, 5) is 48.1. The molecule has 0 aliphatic rings. The number of methoxy groups -OCH3 is 2. The average Bonchev–Trinajstić information content (AvgIpc) is 3.09. The number of carbonyl (C=O) groups is 4. The summed E-state index contributed by atoms with van der Waals surface area (Å²) in [7, 11) is 2.70. The Kier molecular flexibility index (Phi) is 14.3. The van der Waals surface area contributed by atoms with Gasteiger partial charge in [-0.15, -0.1) is 0 Å². The van der Waals surface area contributed by atoms with Gasteiger partial charge in [0.2, 0.25) is 0 Å². The number of fused-ring (bicyclic) bond motifs is 1. The predicted octanol–water partition coefficient (Wildman–Crippen LogP) is 7.78. The summed E-state index contributed by atoms with van der Waals surface area (Å²) < 4.78 is 10.7. The van der Waals surface area contributed by atoms with Crippen molar-refractivity contribution in [1.82, 2.24) is 4.98 Å². The van der Waals surface area contributed by atoms with Crippen molar-refractivity contribution in [2.75, 3.05) is 20.0 Å². The van der Waals surface area contributed by atoms with Crippen LogP contribution in [0.2, 0.25) is 0 Å². The molecule has 0 aliphatic heterocycles. The molecule has 5 rings (SSSR count). The lowest BCUT2D eigenvalue weighted by atomic mass is 9.95. The van der Waals surface area contributed by atoms with E-state index < -0.39 is 0 Å². The van der Waals surface area contributed by atoms with Gasteiger partial charge < -0.3 is 20.0 Å². The van der Waals surface area contributed by atoms with Crippen molar-refractivity contribution in [3.05, 3.63) is 129 Å². The highest BCUT2D eigenvalue weighted by molar-refractivity contribution is 9.11. The molecule has 0 saturated heterocycles. The molecule has 1 aromatic heterocycles. The predicted molar refractivity (Wildman–Crippen MR) is 186 cm³/mol. The second-order valence-electron chi connectivity index (χ2n) is 9.59. The fraction of sp³-hybridized carbons (Fsp3) is 0.139. The number of ketones is 1. The number of carbonyl (C=O) groups excluding carboxylic acids is 4. The van der Waals surface area contributed by atoms with E-state index in [0.29, 0.717) is 23.1 Å². The van der Waals surface area contributed by atoms with E-state index in [1.165, 1.54) is 14.2 Å². The van der Waals surface area contributed by atoms with E-state index in [4.69, 9.17) is 10.5 Å². The Balaban J connectivity index is 0.000000210. The molecule has 0 saturated carbocycles. The fourth-order valence-electron chi connectivity index (χ4n) is 4.29. The maximum absolute atomic E-state index is 12.1. The van der Waals surface area contributed by atoms with E-state index in [1.54, 1.807) is 30.5 Å². The molecule has 0 amide bonds.